The minimum atomic E-state index is -0.649. The van der Waals surface area contributed by atoms with Gasteiger partial charge >= 0.3 is 0 Å². The molecule has 5 heteroatoms. The van der Waals surface area contributed by atoms with Crippen LogP contribution in [0.2, 0.25) is 0 Å². The fourth-order valence-electron chi connectivity index (χ4n) is 2.81. The predicted molar refractivity (Wildman–Crippen MR) is 89.0 cm³/mol. The van der Waals surface area contributed by atoms with E-state index in [0.717, 1.165) is 43.8 Å². The van der Waals surface area contributed by atoms with E-state index in [4.69, 9.17) is 0 Å². The van der Waals surface area contributed by atoms with Gasteiger partial charge < -0.3 is 10.0 Å². The molecule has 0 saturated carbocycles. The topological polar surface area (TPSA) is 57.6 Å². The molecule has 0 aliphatic carbocycles. The molecular formula is C19H18FNO3. The van der Waals surface area contributed by atoms with Gasteiger partial charge in [-0.2, -0.15) is 0 Å². The number of rotatable bonds is 4. The molecule has 1 fully saturated rings. The van der Waals surface area contributed by atoms with Crippen LogP contribution in [0.3, 0.4) is 0 Å². The van der Waals surface area contributed by atoms with Gasteiger partial charge in [-0.05, 0) is 61.4 Å². The maximum absolute atomic E-state index is 12.9. The van der Waals surface area contributed by atoms with Gasteiger partial charge in [-0.15, -0.1) is 0 Å². The molecule has 4 nitrogen and oxygen atoms in total. The number of hydrogen-bond donors (Lipinski definition) is 1. The van der Waals surface area contributed by atoms with Gasteiger partial charge in [0.25, 0.3) is 0 Å². The molecular weight excluding hydrogens is 309 g/mol. The predicted octanol–water partition coefficient (Wildman–Crippen LogP) is 2.85. The Morgan fingerprint density at radius 2 is 1.33 bits per heavy atom. The minimum Gasteiger partial charge on any atom is -0.393 e. The highest BCUT2D eigenvalue weighted by atomic mass is 19.1. The van der Waals surface area contributed by atoms with Crippen molar-refractivity contribution < 1.29 is 19.1 Å². The maximum atomic E-state index is 12.9. The molecule has 1 heterocycles. The van der Waals surface area contributed by atoms with Gasteiger partial charge in [0.2, 0.25) is 11.6 Å². The van der Waals surface area contributed by atoms with Gasteiger partial charge in [-0.25, -0.2) is 4.39 Å². The first-order chi connectivity index (χ1) is 11.5. The van der Waals surface area contributed by atoms with E-state index in [1.165, 1.54) is 12.1 Å². The van der Waals surface area contributed by atoms with Crippen molar-refractivity contribution in [1.82, 2.24) is 0 Å². The molecule has 1 aliphatic heterocycles. The zero-order valence-electron chi connectivity index (χ0n) is 13.1. The van der Waals surface area contributed by atoms with Crippen molar-refractivity contribution in [2.24, 2.45) is 0 Å². The van der Waals surface area contributed by atoms with Gasteiger partial charge in [0.1, 0.15) is 5.82 Å². The first-order valence-corrected chi connectivity index (χ1v) is 7.92. The van der Waals surface area contributed by atoms with Crippen molar-refractivity contribution in [3.8, 4) is 0 Å². The van der Waals surface area contributed by atoms with Crippen molar-refractivity contribution in [2.45, 2.75) is 18.9 Å². The molecule has 1 saturated heterocycles. The number of anilines is 1. The molecule has 0 radical (unpaired) electrons. The maximum Gasteiger partial charge on any atom is 0.233 e. The van der Waals surface area contributed by atoms with Crippen LogP contribution in [-0.2, 0) is 0 Å². The summed E-state index contributed by atoms with van der Waals surface area (Å²) in [5, 5.41) is 9.54. The van der Waals surface area contributed by atoms with Crippen LogP contribution in [0.1, 0.15) is 33.6 Å². The third kappa shape index (κ3) is 3.51. The fourth-order valence-corrected chi connectivity index (χ4v) is 2.81. The molecule has 0 aromatic heterocycles. The van der Waals surface area contributed by atoms with Crippen LogP contribution in [0.5, 0.6) is 0 Å². The van der Waals surface area contributed by atoms with E-state index in [1.54, 1.807) is 12.1 Å². The molecule has 0 atom stereocenters. The Kier molecular flexibility index (Phi) is 4.71. The second-order valence-electron chi connectivity index (χ2n) is 5.93. The Morgan fingerprint density at radius 1 is 0.875 bits per heavy atom. The van der Waals surface area contributed by atoms with E-state index in [1.807, 2.05) is 12.1 Å². The van der Waals surface area contributed by atoms with E-state index in [2.05, 4.69) is 4.90 Å². The van der Waals surface area contributed by atoms with E-state index in [9.17, 15) is 19.1 Å². The lowest BCUT2D eigenvalue weighted by Crippen LogP contribution is -2.35. The highest BCUT2D eigenvalue weighted by Crippen LogP contribution is 2.21. The van der Waals surface area contributed by atoms with Crippen LogP contribution in [-0.4, -0.2) is 35.9 Å². The molecule has 0 amide bonds. The zero-order valence-corrected chi connectivity index (χ0v) is 13.1. The molecule has 24 heavy (non-hydrogen) atoms. The van der Waals surface area contributed by atoms with Gasteiger partial charge in [-0.1, -0.05) is 0 Å². The molecule has 1 aliphatic rings. The monoisotopic (exact) mass is 327 g/mol. The van der Waals surface area contributed by atoms with Crippen LogP contribution >= 0.6 is 0 Å². The summed E-state index contributed by atoms with van der Waals surface area (Å²) in [5.41, 5.74) is 1.45. The van der Waals surface area contributed by atoms with Crippen LogP contribution in [0, 0.1) is 5.82 Å². The average molecular weight is 327 g/mol. The number of ketones is 2. The lowest BCUT2D eigenvalue weighted by atomic mass is 10.0. The number of aliphatic hydroxyl groups is 1. The van der Waals surface area contributed by atoms with Crippen molar-refractivity contribution in [3.63, 3.8) is 0 Å². The lowest BCUT2D eigenvalue weighted by molar-refractivity contribution is 0.0817. The van der Waals surface area contributed by atoms with Crippen LogP contribution in [0.4, 0.5) is 10.1 Å². The van der Waals surface area contributed by atoms with Crippen molar-refractivity contribution in [2.75, 3.05) is 18.0 Å². The normalized spacial score (nSPS) is 15.3. The fraction of sp³-hybridized carbons (Fsp3) is 0.263. The summed E-state index contributed by atoms with van der Waals surface area (Å²) >= 11 is 0. The number of halogens is 1. The summed E-state index contributed by atoms with van der Waals surface area (Å²) in [6.45, 7) is 1.53. The van der Waals surface area contributed by atoms with Gasteiger partial charge in [0.15, 0.2) is 0 Å². The summed E-state index contributed by atoms with van der Waals surface area (Å²) < 4.78 is 12.9. The number of piperidine rings is 1. The summed E-state index contributed by atoms with van der Waals surface area (Å²) in [6.07, 6.45) is 1.21. The highest BCUT2D eigenvalue weighted by molar-refractivity contribution is 6.49. The Bertz CT molecular complexity index is 732. The highest BCUT2D eigenvalue weighted by Gasteiger charge is 2.20. The van der Waals surface area contributed by atoms with Crippen LogP contribution in [0.15, 0.2) is 48.5 Å². The largest absolute Gasteiger partial charge is 0.393 e. The van der Waals surface area contributed by atoms with Crippen molar-refractivity contribution in [3.05, 3.63) is 65.5 Å². The van der Waals surface area contributed by atoms with Crippen molar-refractivity contribution >= 4 is 17.3 Å². The number of benzene rings is 2. The first kappa shape index (κ1) is 16.3. The van der Waals surface area contributed by atoms with Gasteiger partial charge in [0, 0.05) is 29.9 Å². The first-order valence-electron chi connectivity index (χ1n) is 7.92. The number of hydrogen-bond acceptors (Lipinski definition) is 4. The number of nitrogens with zero attached hydrogens (tertiary/aromatic N) is 1. The van der Waals surface area contributed by atoms with Gasteiger partial charge in [-0.3, -0.25) is 9.59 Å². The number of aliphatic hydroxyl groups excluding tert-OH is 1. The summed E-state index contributed by atoms with van der Waals surface area (Å²) in [5.74, 6) is -1.71. The molecule has 0 unspecified atom stereocenters. The Hall–Kier alpha value is -2.53. The quantitative estimate of drug-likeness (QED) is 0.693. The molecule has 124 valence electrons. The van der Waals surface area contributed by atoms with Crippen molar-refractivity contribution in [1.29, 1.82) is 0 Å². The second-order valence-corrected chi connectivity index (χ2v) is 5.93. The molecule has 1 N–H and O–H groups in total. The standard InChI is InChI=1S/C19H18FNO3/c20-15-5-1-13(2-6-15)18(23)19(24)14-3-7-16(8-4-14)21-11-9-17(22)10-12-21/h1-8,17,22H,9-12H2. The summed E-state index contributed by atoms with van der Waals surface area (Å²) in [7, 11) is 0. The Morgan fingerprint density at radius 3 is 1.83 bits per heavy atom. The Labute approximate surface area is 139 Å². The van der Waals surface area contributed by atoms with E-state index >= 15 is 0 Å². The molecule has 0 spiro atoms. The zero-order chi connectivity index (χ0) is 17.1. The third-order valence-electron chi connectivity index (χ3n) is 4.27. The van der Waals surface area contributed by atoms with E-state index in [-0.39, 0.29) is 11.7 Å². The summed E-state index contributed by atoms with van der Waals surface area (Å²) in [4.78, 5) is 26.6. The molecule has 3 rings (SSSR count). The minimum absolute atomic E-state index is 0.176. The van der Waals surface area contributed by atoms with E-state index in [0.29, 0.717) is 5.56 Å². The number of carbonyl (C=O) groups is 2. The van der Waals surface area contributed by atoms with Crippen LogP contribution in [0.25, 0.3) is 0 Å². The SMILES string of the molecule is O=C(C(=O)c1ccc(N2CCC(O)CC2)cc1)c1ccc(F)cc1. The lowest BCUT2D eigenvalue weighted by Gasteiger charge is -2.31. The summed E-state index contributed by atoms with van der Waals surface area (Å²) in [6, 6.07) is 11.8. The number of Topliss-reactive ketones (excluding diaryl/α,β-unsaturated/α-hetero) is 2. The third-order valence-corrected chi connectivity index (χ3v) is 4.27. The Balaban J connectivity index is 1.71. The van der Waals surface area contributed by atoms with E-state index < -0.39 is 17.4 Å². The molecule has 2 aromatic carbocycles. The second kappa shape index (κ2) is 6.93. The van der Waals surface area contributed by atoms with Gasteiger partial charge in [0.05, 0.1) is 6.10 Å². The van der Waals surface area contributed by atoms with Crippen LogP contribution < -0.4 is 4.90 Å². The smallest absolute Gasteiger partial charge is 0.233 e. The molecule has 2 aromatic rings. The average Bonchev–Trinajstić information content (AvgIpc) is 2.62. The molecule has 0 bridgehead atoms. The number of carbonyl (C=O) groups excluding carboxylic acids is 2.